The second-order valence-electron chi connectivity index (χ2n) is 3.19. The molecule has 0 aromatic carbocycles. The van der Waals surface area contributed by atoms with Crippen LogP contribution in [-0.4, -0.2) is 47.6 Å². The van der Waals surface area contributed by atoms with Crippen molar-refractivity contribution < 1.29 is 37.7 Å². The lowest BCUT2D eigenvalue weighted by molar-refractivity contribution is -0.192. The predicted molar refractivity (Wildman–Crippen MR) is 55.0 cm³/mol. The second kappa shape index (κ2) is 9.66. The van der Waals surface area contributed by atoms with Gasteiger partial charge in [0.25, 0.3) is 0 Å². The Labute approximate surface area is 102 Å². The number of rotatable bonds is 6. The van der Waals surface area contributed by atoms with Gasteiger partial charge in [-0.25, -0.2) is 4.79 Å². The summed E-state index contributed by atoms with van der Waals surface area (Å²) in [6.45, 7) is 2.66. The van der Waals surface area contributed by atoms with Crippen LogP contribution in [0.3, 0.4) is 0 Å². The Balaban J connectivity index is 0. The fraction of sp³-hybridized carbons (Fsp3) is 0.778. The van der Waals surface area contributed by atoms with E-state index in [9.17, 15) is 18.0 Å². The minimum atomic E-state index is -5.08. The number of carboxylic acids is 2. The molecule has 0 amide bonds. The van der Waals surface area contributed by atoms with Crippen LogP contribution in [0.25, 0.3) is 0 Å². The van der Waals surface area contributed by atoms with Crippen LogP contribution in [0.5, 0.6) is 0 Å². The van der Waals surface area contributed by atoms with Crippen LogP contribution in [-0.2, 0) is 14.3 Å². The van der Waals surface area contributed by atoms with E-state index >= 15 is 0 Å². The number of aliphatic carboxylic acids is 2. The van der Waals surface area contributed by atoms with Crippen molar-refractivity contribution in [3.8, 4) is 0 Å². The third-order valence-corrected chi connectivity index (χ3v) is 1.56. The first-order chi connectivity index (χ1) is 8.11. The molecule has 0 bridgehead atoms. The van der Waals surface area contributed by atoms with E-state index in [0.717, 1.165) is 6.42 Å². The molecule has 1 unspecified atom stereocenters. The molecule has 0 spiro atoms. The smallest absolute Gasteiger partial charge is 0.481 e. The van der Waals surface area contributed by atoms with Gasteiger partial charge < -0.3 is 20.7 Å². The quantitative estimate of drug-likeness (QED) is 0.620. The third-order valence-electron chi connectivity index (χ3n) is 1.56. The van der Waals surface area contributed by atoms with Gasteiger partial charge in [-0.05, 0) is 6.42 Å². The van der Waals surface area contributed by atoms with Crippen molar-refractivity contribution in [3.05, 3.63) is 0 Å². The molecule has 4 N–H and O–H groups in total. The summed E-state index contributed by atoms with van der Waals surface area (Å²) in [6, 6.07) is 0.0313. The first-order valence-corrected chi connectivity index (χ1v) is 4.96. The van der Waals surface area contributed by atoms with Gasteiger partial charge >= 0.3 is 18.1 Å². The van der Waals surface area contributed by atoms with Gasteiger partial charge in [0.2, 0.25) is 0 Å². The van der Waals surface area contributed by atoms with Gasteiger partial charge in [0.15, 0.2) is 0 Å². The Morgan fingerprint density at radius 3 is 2.06 bits per heavy atom. The molecule has 0 aromatic rings. The minimum absolute atomic E-state index is 0.0313. The molecule has 108 valence electrons. The van der Waals surface area contributed by atoms with Crippen molar-refractivity contribution in [1.29, 1.82) is 0 Å². The summed E-state index contributed by atoms with van der Waals surface area (Å²) >= 11 is 0. The molecule has 1 atom stereocenters. The zero-order valence-corrected chi connectivity index (χ0v) is 9.74. The second-order valence-corrected chi connectivity index (χ2v) is 3.19. The van der Waals surface area contributed by atoms with E-state index in [4.69, 9.17) is 25.5 Å². The minimum Gasteiger partial charge on any atom is -0.481 e. The summed E-state index contributed by atoms with van der Waals surface area (Å²) in [6.07, 6.45) is -4.18. The highest BCUT2D eigenvalue weighted by Gasteiger charge is 2.38. The molecule has 18 heavy (non-hydrogen) atoms. The zero-order chi connectivity index (χ0) is 14.8. The van der Waals surface area contributed by atoms with Crippen LogP contribution in [0.15, 0.2) is 0 Å². The molecule has 0 aliphatic rings. The van der Waals surface area contributed by atoms with Crippen LogP contribution in [0.1, 0.15) is 19.8 Å². The van der Waals surface area contributed by atoms with Gasteiger partial charge in [0, 0.05) is 6.04 Å². The van der Waals surface area contributed by atoms with Crippen molar-refractivity contribution in [3.63, 3.8) is 0 Å². The molecule has 0 saturated carbocycles. The number of carbonyl (C=O) groups is 2. The third kappa shape index (κ3) is 14.6. The largest absolute Gasteiger partial charge is 0.490 e. The van der Waals surface area contributed by atoms with E-state index in [-0.39, 0.29) is 19.1 Å². The molecule has 0 radical (unpaired) electrons. The molecule has 0 rings (SSSR count). The van der Waals surface area contributed by atoms with Gasteiger partial charge in [-0.1, -0.05) is 6.92 Å². The van der Waals surface area contributed by atoms with Gasteiger partial charge in [-0.3, -0.25) is 4.79 Å². The highest BCUT2D eigenvalue weighted by molar-refractivity contribution is 5.73. The molecule has 0 saturated heterocycles. The van der Waals surface area contributed by atoms with Gasteiger partial charge in [-0.15, -0.1) is 0 Å². The van der Waals surface area contributed by atoms with Crippen molar-refractivity contribution in [1.82, 2.24) is 0 Å². The highest BCUT2D eigenvalue weighted by atomic mass is 19.4. The molecule has 6 nitrogen and oxygen atoms in total. The first-order valence-electron chi connectivity index (χ1n) is 4.96. The maximum Gasteiger partial charge on any atom is 0.490 e. The van der Waals surface area contributed by atoms with Crippen LogP contribution in [0.2, 0.25) is 0 Å². The van der Waals surface area contributed by atoms with Crippen LogP contribution in [0.4, 0.5) is 13.2 Å². The zero-order valence-electron chi connectivity index (χ0n) is 9.74. The lowest BCUT2D eigenvalue weighted by Crippen LogP contribution is -2.25. The summed E-state index contributed by atoms with van der Waals surface area (Å²) in [4.78, 5) is 18.9. The van der Waals surface area contributed by atoms with Gasteiger partial charge in [-0.2, -0.15) is 13.2 Å². The monoisotopic (exact) mass is 275 g/mol. The Bertz CT molecular complexity index is 257. The molecule has 0 fully saturated rings. The Hall–Kier alpha value is -1.35. The molecule has 0 aromatic heterocycles. The highest BCUT2D eigenvalue weighted by Crippen LogP contribution is 2.13. The van der Waals surface area contributed by atoms with Crippen molar-refractivity contribution in [2.45, 2.75) is 32.0 Å². The van der Waals surface area contributed by atoms with Crippen LogP contribution < -0.4 is 5.73 Å². The standard InChI is InChI=1S/C7H15NO3.C2HF3O2/c1-2-6(8)5-11-4-3-7(9)10;3-2(4,5)1(6)7/h6H,2-5,8H2,1H3,(H,9,10);(H,6,7). The molecule has 0 aliphatic heterocycles. The Morgan fingerprint density at radius 2 is 1.78 bits per heavy atom. The van der Waals surface area contributed by atoms with E-state index in [1.807, 2.05) is 6.92 Å². The average Bonchev–Trinajstić information content (AvgIpc) is 2.23. The fourth-order valence-electron chi connectivity index (χ4n) is 0.512. The maximum absolute atomic E-state index is 10.6. The summed E-state index contributed by atoms with van der Waals surface area (Å²) in [7, 11) is 0. The number of carboxylic acid groups (broad SMARTS) is 2. The Morgan fingerprint density at radius 1 is 1.33 bits per heavy atom. The van der Waals surface area contributed by atoms with Crippen LogP contribution >= 0.6 is 0 Å². The van der Waals surface area contributed by atoms with E-state index in [2.05, 4.69) is 0 Å². The normalized spacial score (nSPS) is 12.3. The van der Waals surface area contributed by atoms with Crippen molar-refractivity contribution in [2.75, 3.05) is 13.2 Å². The molecule has 0 aliphatic carbocycles. The SMILES string of the molecule is CCC(N)COCCC(=O)O.O=C(O)C(F)(F)F. The summed E-state index contributed by atoms with van der Waals surface area (Å²) in [5, 5.41) is 15.3. The number of hydrogen-bond donors (Lipinski definition) is 3. The van der Waals surface area contributed by atoms with Gasteiger partial charge in [0.05, 0.1) is 19.6 Å². The topological polar surface area (TPSA) is 110 Å². The maximum atomic E-state index is 10.6. The summed E-state index contributed by atoms with van der Waals surface area (Å²) in [5.41, 5.74) is 5.52. The number of hydrogen-bond acceptors (Lipinski definition) is 4. The lowest BCUT2D eigenvalue weighted by atomic mass is 10.3. The van der Waals surface area contributed by atoms with Crippen LogP contribution in [0, 0.1) is 0 Å². The van der Waals surface area contributed by atoms with E-state index in [1.54, 1.807) is 0 Å². The summed E-state index contributed by atoms with van der Waals surface area (Å²) < 4.78 is 36.7. The van der Waals surface area contributed by atoms with Crippen molar-refractivity contribution >= 4 is 11.9 Å². The number of alkyl halides is 3. The summed E-state index contributed by atoms with van der Waals surface area (Å²) in [5.74, 6) is -3.59. The number of nitrogens with two attached hydrogens (primary N) is 1. The predicted octanol–water partition coefficient (Wildman–Crippen LogP) is 0.848. The van der Waals surface area contributed by atoms with E-state index in [0.29, 0.717) is 6.61 Å². The van der Waals surface area contributed by atoms with Gasteiger partial charge in [0.1, 0.15) is 0 Å². The average molecular weight is 275 g/mol. The molecular weight excluding hydrogens is 259 g/mol. The first kappa shape index (κ1) is 19.0. The van der Waals surface area contributed by atoms with E-state index < -0.39 is 18.1 Å². The lowest BCUT2D eigenvalue weighted by Gasteiger charge is -2.07. The number of ether oxygens (including phenoxy) is 1. The van der Waals surface area contributed by atoms with E-state index in [1.165, 1.54) is 0 Å². The number of halogens is 3. The Kier molecular flexibility index (Phi) is 10.2. The molecule has 9 heteroatoms. The van der Waals surface area contributed by atoms with Crippen molar-refractivity contribution in [2.24, 2.45) is 5.73 Å². The fourth-order valence-corrected chi connectivity index (χ4v) is 0.512. The molecular formula is C9H16F3NO5. The molecule has 0 heterocycles.